The zero-order chi connectivity index (χ0) is 16.1. The Bertz CT molecular complexity index is 524. The molecule has 120 valence electrons. The Labute approximate surface area is 120 Å². The van der Waals surface area contributed by atoms with Crippen LogP contribution in [0.5, 0.6) is 0 Å². The summed E-state index contributed by atoms with van der Waals surface area (Å²) >= 11 is 0. The van der Waals surface area contributed by atoms with Gasteiger partial charge in [0, 0.05) is 14.1 Å². The molecular formula is C10H22N2O6S2. The number of hydrogen-bond donors (Lipinski definition) is 2. The highest BCUT2D eigenvalue weighted by Crippen LogP contribution is 2.05. The van der Waals surface area contributed by atoms with Gasteiger partial charge >= 0.3 is 5.97 Å². The van der Waals surface area contributed by atoms with Gasteiger partial charge in [0.05, 0.1) is 11.5 Å². The maximum atomic E-state index is 11.7. The average molecular weight is 330 g/mol. The second-order valence-corrected chi connectivity index (χ2v) is 9.12. The predicted molar refractivity (Wildman–Crippen MR) is 75.3 cm³/mol. The smallest absolute Gasteiger partial charge is 0.321 e. The van der Waals surface area contributed by atoms with Crippen LogP contribution in [0.15, 0.2) is 0 Å². The van der Waals surface area contributed by atoms with Crippen LogP contribution < -0.4 is 4.72 Å². The Morgan fingerprint density at radius 2 is 1.65 bits per heavy atom. The van der Waals surface area contributed by atoms with Gasteiger partial charge < -0.3 is 5.11 Å². The van der Waals surface area contributed by atoms with Crippen LogP contribution in [0.3, 0.4) is 0 Å². The van der Waals surface area contributed by atoms with Gasteiger partial charge in [-0.3, -0.25) is 4.79 Å². The van der Waals surface area contributed by atoms with Gasteiger partial charge in [0.25, 0.3) is 0 Å². The van der Waals surface area contributed by atoms with Gasteiger partial charge in [0.15, 0.2) is 0 Å². The minimum atomic E-state index is -3.83. The number of aliphatic carboxylic acids is 1. The molecule has 1 atom stereocenters. The molecule has 0 saturated heterocycles. The molecule has 0 saturated carbocycles. The monoisotopic (exact) mass is 330 g/mol. The third-order valence-electron chi connectivity index (χ3n) is 2.61. The lowest BCUT2D eigenvalue weighted by Crippen LogP contribution is -2.45. The van der Waals surface area contributed by atoms with Crippen molar-refractivity contribution < 1.29 is 26.7 Å². The summed E-state index contributed by atoms with van der Waals surface area (Å²) in [5.41, 5.74) is 0. The van der Waals surface area contributed by atoms with Gasteiger partial charge in [-0.15, -0.1) is 0 Å². The van der Waals surface area contributed by atoms with E-state index in [0.717, 1.165) is 4.31 Å². The molecule has 0 fully saturated rings. The number of carbonyl (C=O) groups is 1. The molecule has 0 radical (unpaired) electrons. The summed E-state index contributed by atoms with van der Waals surface area (Å²) in [6.45, 7) is 3.16. The van der Waals surface area contributed by atoms with E-state index in [4.69, 9.17) is 5.11 Å². The third-order valence-corrected chi connectivity index (χ3v) is 5.97. The van der Waals surface area contributed by atoms with Crippen molar-refractivity contribution in [1.29, 1.82) is 0 Å². The van der Waals surface area contributed by atoms with Gasteiger partial charge in [0.1, 0.15) is 6.04 Å². The lowest BCUT2D eigenvalue weighted by atomic mass is 10.1. The van der Waals surface area contributed by atoms with Crippen LogP contribution >= 0.6 is 0 Å². The van der Waals surface area contributed by atoms with Crippen LogP contribution in [-0.4, -0.2) is 63.9 Å². The zero-order valence-corrected chi connectivity index (χ0v) is 13.7. The normalized spacial score (nSPS) is 14.7. The highest BCUT2D eigenvalue weighted by Gasteiger charge is 2.27. The first kappa shape index (κ1) is 19.3. The summed E-state index contributed by atoms with van der Waals surface area (Å²) < 4.78 is 49.5. The standard InChI is InChI=1S/C10H22N2O6S2/c1-8(2)9(10(13)14)11-19(15,16)6-5-7-20(17,18)12(3)4/h8-9,11H,5-7H2,1-4H3,(H,13,14)/t9-/m0/s1. The number of carboxylic acids is 1. The van der Waals surface area contributed by atoms with Crippen molar-refractivity contribution in [3.8, 4) is 0 Å². The predicted octanol–water partition coefficient (Wildman–Crippen LogP) is -0.703. The van der Waals surface area contributed by atoms with E-state index in [1.54, 1.807) is 13.8 Å². The van der Waals surface area contributed by atoms with Crippen LogP contribution in [0.1, 0.15) is 20.3 Å². The summed E-state index contributed by atoms with van der Waals surface area (Å²) in [5.74, 6) is -2.41. The Kier molecular flexibility index (Phi) is 7.08. The van der Waals surface area contributed by atoms with Crippen LogP contribution in [-0.2, 0) is 24.8 Å². The van der Waals surface area contributed by atoms with E-state index in [0.29, 0.717) is 0 Å². The van der Waals surface area contributed by atoms with Gasteiger partial charge in [-0.1, -0.05) is 13.8 Å². The summed E-state index contributed by atoms with van der Waals surface area (Å²) in [4.78, 5) is 10.9. The molecule has 10 heteroatoms. The molecule has 0 spiro atoms. The Morgan fingerprint density at radius 3 is 2.00 bits per heavy atom. The molecule has 0 aliphatic rings. The minimum Gasteiger partial charge on any atom is -0.480 e. The summed E-state index contributed by atoms with van der Waals surface area (Å²) in [6, 6.07) is -1.22. The lowest BCUT2D eigenvalue weighted by Gasteiger charge is -2.18. The molecule has 0 rings (SSSR count). The number of nitrogens with zero attached hydrogens (tertiary/aromatic N) is 1. The number of nitrogens with one attached hydrogen (secondary N) is 1. The molecule has 0 unspecified atom stereocenters. The average Bonchev–Trinajstić information content (AvgIpc) is 2.24. The van der Waals surface area contributed by atoms with E-state index in [9.17, 15) is 21.6 Å². The van der Waals surface area contributed by atoms with Crippen molar-refractivity contribution in [1.82, 2.24) is 9.03 Å². The topological polar surface area (TPSA) is 121 Å². The first-order valence-electron chi connectivity index (χ1n) is 6.02. The molecule has 0 aromatic carbocycles. The molecule has 0 aliphatic carbocycles. The first-order chi connectivity index (χ1) is 8.89. The summed E-state index contributed by atoms with van der Waals surface area (Å²) in [7, 11) is -4.56. The molecule has 0 aliphatic heterocycles. The molecule has 0 amide bonds. The fraction of sp³-hybridized carbons (Fsp3) is 0.900. The quantitative estimate of drug-likeness (QED) is 0.576. The van der Waals surface area contributed by atoms with Gasteiger partial charge in [-0.05, 0) is 12.3 Å². The highest BCUT2D eigenvalue weighted by molar-refractivity contribution is 7.90. The van der Waals surface area contributed by atoms with E-state index >= 15 is 0 Å². The Morgan fingerprint density at radius 1 is 1.15 bits per heavy atom. The summed E-state index contributed by atoms with van der Waals surface area (Å²) in [5, 5.41) is 8.90. The summed E-state index contributed by atoms with van der Waals surface area (Å²) in [6.07, 6.45) is -0.0969. The first-order valence-corrected chi connectivity index (χ1v) is 9.28. The number of sulfonamides is 2. The van der Waals surface area contributed by atoms with Crippen LogP contribution in [0, 0.1) is 5.92 Å². The molecule has 0 bridgehead atoms. The number of rotatable bonds is 9. The van der Waals surface area contributed by atoms with Crippen molar-refractivity contribution in [3.63, 3.8) is 0 Å². The Balaban J connectivity index is 4.59. The van der Waals surface area contributed by atoms with Crippen LogP contribution in [0.2, 0.25) is 0 Å². The molecule has 2 N–H and O–H groups in total. The van der Waals surface area contributed by atoms with Gasteiger partial charge in [-0.2, -0.15) is 0 Å². The van der Waals surface area contributed by atoms with E-state index in [-0.39, 0.29) is 12.2 Å². The van der Waals surface area contributed by atoms with Crippen molar-refractivity contribution >= 4 is 26.0 Å². The largest absolute Gasteiger partial charge is 0.480 e. The number of carboxylic acid groups (broad SMARTS) is 1. The van der Waals surface area contributed by atoms with E-state index in [1.807, 2.05) is 0 Å². The van der Waals surface area contributed by atoms with Gasteiger partial charge in [-0.25, -0.2) is 25.9 Å². The van der Waals surface area contributed by atoms with E-state index < -0.39 is 43.7 Å². The van der Waals surface area contributed by atoms with E-state index in [1.165, 1.54) is 14.1 Å². The number of hydrogen-bond acceptors (Lipinski definition) is 5. The maximum Gasteiger partial charge on any atom is 0.321 e. The third kappa shape index (κ3) is 6.64. The molecular weight excluding hydrogens is 308 g/mol. The van der Waals surface area contributed by atoms with Gasteiger partial charge in [0.2, 0.25) is 20.0 Å². The van der Waals surface area contributed by atoms with Crippen molar-refractivity contribution in [3.05, 3.63) is 0 Å². The maximum absolute atomic E-state index is 11.7. The van der Waals surface area contributed by atoms with E-state index in [2.05, 4.69) is 4.72 Å². The lowest BCUT2D eigenvalue weighted by molar-refractivity contribution is -0.140. The highest BCUT2D eigenvalue weighted by atomic mass is 32.2. The van der Waals surface area contributed by atoms with Crippen LogP contribution in [0.4, 0.5) is 0 Å². The Hall–Kier alpha value is -0.710. The molecule has 0 aromatic rings. The second kappa shape index (κ2) is 7.34. The second-order valence-electron chi connectivity index (χ2n) is 4.95. The van der Waals surface area contributed by atoms with Crippen LogP contribution in [0.25, 0.3) is 0 Å². The zero-order valence-electron chi connectivity index (χ0n) is 12.0. The molecule has 8 nitrogen and oxygen atoms in total. The minimum absolute atomic E-state index is 0.0969. The molecule has 20 heavy (non-hydrogen) atoms. The molecule has 0 aromatic heterocycles. The van der Waals surface area contributed by atoms with Crippen molar-refractivity contribution in [2.24, 2.45) is 5.92 Å². The fourth-order valence-electron chi connectivity index (χ4n) is 1.34. The SMILES string of the molecule is CC(C)[C@H](NS(=O)(=O)CCCS(=O)(=O)N(C)C)C(=O)O. The molecule has 0 heterocycles. The van der Waals surface area contributed by atoms with Crippen molar-refractivity contribution in [2.75, 3.05) is 25.6 Å². The fourth-order valence-corrected chi connectivity index (χ4v) is 3.80. The van der Waals surface area contributed by atoms with Crippen molar-refractivity contribution in [2.45, 2.75) is 26.3 Å².